The number of ketones is 1. The van der Waals surface area contributed by atoms with Crippen molar-refractivity contribution in [1.29, 1.82) is 5.26 Å². The lowest BCUT2D eigenvalue weighted by Crippen LogP contribution is -2.41. The van der Waals surface area contributed by atoms with Crippen molar-refractivity contribution in [2.24, 2.45) is 0 Å². The Labute approximate surface area is 143 Å². The molecule has 1 amide bonds. The second-order valence-electron chi connectivity index (χ2n) is 6.00. The van der Waals surface area contributed by atoms with E-state index >= 15 is 0 Å². The first-order valence-corrected chi connectivity index (χ1v) is 10.3. The number of amides is 1. The highest BCUT2D eigenvalue weighted by Crippen LogP contribution is 2.30. The summed E-state index contributed by atoms with van der Waals surface area (Å²) in [4.78, 5) is 29.5. The maximum absolute atomic E-state index is 12.9. The van der Waals surface area contributed by atoms with Crippen LogP contribution in [-0.2, 0) is 16.1 Å². The van der Waals surface area contributed by atoms with Crippen molar-refractivity contribution in [3.8, 4) is 6.07 Å². The average Bonchev–Trinajstić information content (AvgIpc) is 3.25. The zero-order valence-corrected chi connectivity index (χ0v) is 14.8. The molecule has 1 unspecified atom stereocenters. The number of nitrogens with zero attached hydrogens (tertiary/aromatic N) is 2. The van der Waals surface area contributed by atoms with Gasteiger partial charge in [0, 0.05) is 16.2 Å². The number of hydrogen-bond donors (Lipinski definition) is 0. The summed E-state index contributed by atoms with van der Waals surface area (Å²) in [5.41, 5.74) is 0. The van der Waals surface area contributed by atoms with Crippen LogP contribution in [0.25, 0.3) is 0 Å². The van der Waals surface area contributed by atoms with Gasteiger partial charge in [0.25, 0.3) is 0 Å². The number of nitriles is 1. The van der Waals surface area contributed by atoms with Crippen LogP contribution in [0.4, 0.5) is 0 Å². The van der Waals surface area contributed by atoms with E-state index in [4.69, 9.17) is 0 Å². The molecule has 0 bridgehead atoms. The van der Waals surface area contributed by atoms with Gasteiger partial charge in [-0.25, -0.2) is 0 Å². The number of carbonyl (C=O) groups excluding carboxylic acids is 2. The summed E-state index contributed by atoms with van der Waals surface area (Å²) in [6, 6.07) is 5.78. The smallest absolute Gasteiger partial charge is 0.223 e. The predicted octanol–water partition coefficient (Wildman–Crippen LogP) is 2.88. The van der Waals surface area contributed by atoms with Crippen LogP contribution in [0.3, 0.4) is 0 Å². The molecule has 6 heteroatoms. The molecule has 2 aliphatic rings. The van der Waals surface area contributed by atoms with Crippen molar-refractivity contribution in [3.63, 3.8) is 0 Å². The van der Waals surface area contributed by atoms with Crippen LogP contribution in [0.15, 0.2) is 12.1 Å². The number of Topliss-reactive ketones (excluding diaryl/α,β-unsaturated/α-hetero) is 1. The monoisotopic (exact) mass is 348 g/mol. The molecule has 2 fully saturated rings. The first kappa shape index (κ1) is 16.4. The molecule has 0 radical (unpaired) electrons. The fraction of sp³-hybridized carbons (Fsp3) is 0.529. The Hall–Kier alpha value is -1.45. The minimum absolute atomic E-state index is 0.0291. The van der Waals surface area contributed by atoms with E-state index in [1.54, 1.807) is 16.2 Å². The van der Waals surface area contributed by atoms with E-state index in [0.717, 1.165) is 29.2 Å². The van der Waals surface area contributed by atoms with Gasteiger partial charge in [0.1, 0.15) is 10.9 Å². The molecule has 3 rings (SSSR count). The maximum atomic E-state index is 12.9. The average molecular weight is 348 g/mol. The number of aryl methyl sites for hydroxylation is 1. The summed E-state index contributed by atoms with van der Waals surface area (Å²) in [5.74, 6) is 1.84. The molecule has 0 spiro atoms. The Kier molecular flexibility index (Phi) is 4.98. The van der Waals surface area contributed by atoms with Crippen LogP contribution in [-0.4, -0.2) is 39.0 Å². The number of thiophene rings is 1. The SMILES string of the molecule is Cc1ccc(CN2C(=O)CCC2C(=O)C(C#N)=S2CCCC2)s1. The summed E-state index contributed by atoms with van der Waals surface area (Å²) in [6.45, 7) is 2.52. The fourth-order valence-corrected chi connectivity index (χ4v) is 6.37. The minimum atomic E-state index is -0.437. The van der Waals surface area contributed by atoms with Crippen LogP contribution in [0, 0.1) is 18.3 Å². The molecular formula is C17H20N2O2S2. The van der Waals surface area contributed by atoms with Gasteiger partial charge in [0.15, 0.2) is 0 Å². The minimum Gasteiger partial charge on any atom is -0.327 e. The summed E-state index contributed by atoms with van der Waals surface area (Å²) >= 11 is 1.65. The van der Waals surface area contributed by atoms with E-state index in [0.29, 0.717) is 24.3 Å². The zero-order chi connectivity index (χ0) is 16.4. The molecular weight excluding hydrogens is 328 g/mol. The first-order valence-electron chi connectivity index (χ1n) is 7.93. The Morgan fingerprint density at radius 3 is 2.78 bits per heavy atom. The van der Waals surface area contributed by atoms with Crippen molar-refractivity contribution < 1.29 is 9.59 Å². The highest BCUT2D eigenvalue weighted by Gasteiger charge is 2.38. The fourth-order valence-electron chi connectivity index (χ4n) is 3.21. The van der Waals surface area contributed by atoms with E-state index in [1.807, 2.05) is 19.1 Å². The molecule has 4 nitrogen and oxygen atoms in total. The van der Waals surface area contributed by atoms with E-state index in [2.05, 4.69) is 6.07 Å². The number of carbonyl (C=O) groups is 2. The van der Waals surface area contributed by atoms with Crippen LogP contribution in [0.1, 0.15) is 35.4 Å². The van der Waals surface area contributed by atoms with Gasteiger partial charge in [0.2, 0.25) is 11.7 Å². The van der Waals surface area contributed by atoms with Gasteiger partial charge >= 0.3 is 0 Å². The van der Waals surface area contributed by atoms with Crippen LogP contribution in [0.5, 0.6) is 0 Å². The summed E-state index contributed by atoms with van der Waals surface area (Å²) < 4.78 is 0. The second-order valence-corrected chi connectivity index (χ2v) is 9.58. The largest absolute Gasteiger partial charge is 0.327 e. The molecule has 23 heavy (non-hydrogen) atoms. The molecule has 1 aromatic rings. The van der Waals surface area contributed by atoms with Crippen molar-refractivity contribution >= 4 is 38.4 Å². The molecule has 122 valence electrons. The standard InChI is InChI=1S/C17H20N2O2S2/c1-12-4-5-13(22-12)11-19-14(6-7-16(19)20)17(21)15(10-18)23-8-2-3-9-23/h4-5,14H,2-3,6-9,11H2,1H3. The lowest BCUT2D eigenvalue weighted by atomic mass is 10.1. The van der Waals surface area contributed by atoms with Gasteiger partial charge in [0.05, 0.1) is 12.6 Å². The van der Waals surface area contributed by atoms with Gasteiger partial charge < -0.3 is 4.90 Å². The summed E-state index contributed by atoms with van der Waals surface area (Å²) in [6.07, 6.45) is 3.16. The molecule has 2 saturated heterocycles. The molecule has 0 saturated carbocycles. The third-order valence-corrected chi connectivity index (χ3v) is 7.82. The van der Waals surface area contributed by atoms with Crippen molar-refractivity contribution in [3.05, 3.63) is 21.9 Å². The van der Waals surface area contributed by atoms with Gasteiger partial charge in [-0.15, -0.1) is 11.3 Å². The van der Waals surface area contributed by atoms with Gasteiger partial charge in [-0.2, -0.15) is 15.7 Å². The van der Waals surface area contributed by atoms with Crippen molar-refractivity contribution in [1.82, 2.24) is 4.90 Å². The highest BCUT2D eigenvalue weighted by molar-refractivity contribution is 8.17. The Bertz CT molecular complexity index is 706. The van der Waals surface area contributed by atoms with Crippen LogP contribution in [0.2, 0.25) is 0 Å². The predicted molar refractivity (Wildman–Crippen MR) is 94.8 cm³/mol. The van der Waals surface area contributed by atoms with Gasteiger partial charge in [-0.05, 0) is 49.8 Å². The molecule has 3 heterocycles. The topological polar surface area (TPSA) is 61.2 Å². The van der Waals surface area contributed by atoms with Gasteiger partial charge in [-0.1, -0.05) is 0 Å². The van der Waals surface area contributed by atoms with Crippen molar-refractivity contribution in [2.75, 3.05) is 11.5 Å². The number of hydrogen-bond acceptors (Lipinski definition) is 4. The van der Waals surface area contributed by atoms with E-state index in [9.17, 15) is 14.9 Å². The molecule has 0 aromatic carbocycles. The van der Waals surface area contributed by atoms with Gasteiger partial charge in [-0.3, -0.25) is 9.59 Å². The molecule has 1 aromatic heterocycles. The Morgan fingerprint density at radius 1 is 1.43 bits per heavy atom. The number of rotatable bonds is 4. The first-order chi connectivity index (χ1) is 11.1. The molecule has 0 aliphatic carbocycles. The molecule has 1 atom stereocenters. The Morgan fingerprint density at radius 2 is 2.17 bits per heavy atom. The highest BCUT2D eigenvalue weighted by atomic mass is 32.2. The normalized spacial score (nSPS) is 21.7. The number of likely N-dealkylation sites (tertiary alicyclic amines) is 1. The maximum Gasteiger partial charge on any atom is 0.223 e. The van der Waals surface area contributed by atoms with E-state index in [1.165, 1.54) is 4.88 Å². The van der Waals surface area contributed by atoms with Crippen LogP contribution < -0.4 is 0 Å². The molecule has 2 aliphatic heterocycles. The summed E-state index contributed by atoms with van der Waals surface area (Å²) in [5, 5.41) is 9.46. The Balaban J connectivity index is 1.82. The van der Waals surface area contributed by atoms with E-state index in [-0.39, 0.29) is 22.2 Å². The van der Waals surface area contributed by atoms with Crippen molar-refractivity contribution in [2.45, 2.75) is 45.2 Å². The lowest BCUT2D eigenvalue weighted by molar-refractivity contribution is -0.132. The van der Waals surface area contributed by atoms with E-state index < -0.39 is 6.04 Å². The molecule has 0 N–H and O–H groups in total. The zero-order valence-electron chi connectivity index (χ0n) is 13.2. The third kappa shape index (κ3) is 3.41. The summed E-state index contributed by atoms with van der Waals surface area (Å²) in [7, 11) is -0.189. The van der Waals surface area contributed by atoms with Crippen LogP contribution >= 0.6 is 21.8 Å². The lowest BCUT2D eigenvalue weighted by Gasteiger charge is -2.23. The second kappa shape index (κ2) is 6.98. The third-order valence-electron chi connectivity index (χ3n) is 4.40. The quantitative estimate of drug-likeness (QED) is 0.786.